The molecule has 0 N–H and O–H groups in total. The first kappa shape index (κ1) is 23.3. The van der Waals surface area contributed by atoms with Gasteiger partial charge in [-0.15, -0.1) is 0 Å². The molecule has 8 heteroatoms. The van der Waals surface area contributed by atoms with E-state index in [1.807, 2.05) is 43.3 Å². The van der Waals surface area contributed by atoms with E-state index in [0.717, 1.165) is 24.0 Å². The van der Waals surface area contributed by atoms with Crippen LogP contribution in [0.5, 0.6) is 0 Å². The van der Waals surface area contributed by atoms with Crippen LogP contribution in [0.4, 0.5) is 0 Å². The van der Waals surface area contributed by atoms with E-state index in [4.69, 9.17) is 23.2 Å². The average molecular weight is 461 g/mol. The first-order valence-corrected chi connectivity index (χ1v) is 10.9. The average Bonchev–Trinajstić information content (AvgIpc) is 2.75. The molecule has 0 saturated carbocycles. The maximum Gasteiger partial charge on any atom is 0.224 e. The second-order valence-electron chi connectivity index (χ2n) is 7.72. The third kappa shape index (κ3) is 6.29. The van der Waals surface area contributed by atoms with Gasteiger partial charge in [-0.1, -0.05) is 41.4 Å². The third-order valence-electron chi connectivity index (χ3n) is 5.04. The highest BCUT2D eigenvalue weighted by atomic mass is 35.5. The smallest absolute Gasteiger partial charge is 0.224 e. The molecule has 1 aromatic heterocycles. The van der Waals surface area contributed by atoms with E-state index < -0.39 is 0 Å². The van der Waals surface area contributed by atoms with Crippen LogP contribution in [0.2, 0.25) is 10.0 Å². The van der Waals surface area contributed by atoms with E-state index in [1.54, 1.807) is 22.9 Å². The zero-order valence-electron chi connectivity index (χ0n) is 17.7. The van der Waals surface area contributed by atoms with E-state index in [9.17, 15) is 9.59 Å². The van der Waals surface area contributed by atoms with Crippen molar-refractivity contribution in [1.29, 1.82) is 0 Å². The predicted molar refractivity (Wildman–Crippen MR) is 126 cm³/mol. The molecule has 0 aliphatic heterocycles. The Morgan fingerprint density at radius 2 is 1.84 bits per heavy atom. The minimum absolute atomic E-state index is 0.0226. The lowest BCUT2D eigenvalue weighted by molar-refractivity contribution is -0.132. The van der Waals surface area contributed by atoms with Crippen molar-refractivity contribution < 1.29 is 4.79 Å². The number of rotatable bonds is 9. The first-order chi connectivity index (χ1) is 14.8. The molecule has 0 atom stereocenters. The molecule has 3 aromatic rings. The van der Waals surface area contributed by atoms with Crippen molar-refractivity contribution in [3.8, 4) is 0 Å². The highest BCUT2D eigenvalue weighted by molar-refractivity contribution is 6.42. The summed E-state index contributed by atoms with van der Waals surface area (Å²) in [5, 5.41) is 5.79. The molecule has 3 rings (SSSR count). The molecular formula is C23H26Cl2N4O2. The Morgan fingerprint density at radius 1 is 1.06 bits per heavy atom. The molecule has 0 unspecified atom stereocenters. The third-order valence-corrected chi connectivity index (χ3v) is 5.78. The summed E-state index contributed by atoms with van der Waals surface area (Å²) in [6.45, 7) is 2.37. The summed E-state index contributed by atoms with van der Waals surface area (Å²) < 4.78 is 1.71. The van der Waals surface area contributed by atoms with Crippen molar-refractivity contribution in [2.75, 3.05) is 27.2 Å². The fraction of sp³-hybridized carbons (Fsp3) is 0.348. The quantitative estimate of drug-likeness (QED) is 0.482. The molecule has 0 fully saturated rings. The summed E-state index contributed by atoms with van der Waals surface area (Å²) >= 11 is 12.2. The van der Waals surface area contributed by atoms with E-state index in [-0.39, 0.29) is 17.8 Å². The summed E-state index contributed by atoms with van der Waals surface area (Å²) in [7, 11) is 4.02. The van der Waals surface area contributed by atoms with Gasteiger partial charge in [0.15, 0.2) is 0 Å². The van der Waals surface area contributed by atoms with Crippen LogP contribution >= 0.6 is 23.2 Å². The SMILES string of the molecule is CN(C)CCCN(Cc1ccc(Cl)c(Cl)c1)C(=O)CCn1ncc(=O)c2ccccc21. The number of aromatic nitrogens is 2. The topological polar surface area (TPSA) is 58.4 Å². The number of hydrogen-bond acceptors (Lipinski definition) is 4. The molecule has 1 amide bonds. The van der Waals surface area contributed by atoms with Gasteiger partial charge in [-0.2, -0.15) is 5.10 Å². The van der Waals surface area contributed by atoms with Gasteiger partial charge in [-0.3, -0.25) is 14.3 Å². The fourth-order valence-electron chi connectivity index (χ4n) is 3.43. The van der Waals surface area contributed by atoms with Crippen molar-refractivity contribution in [2.24, 2.45) is 0 Å². The number of para-hydroxylation sites is 1. The van der Waals surface area contributed by atoms with Crippen LogP contribution in [0, 0.1) is 0 Å². The second kappa shape index (κ2) is 10.8. The highest BCUT2D eigenvalue weighted by Crippen LogP contribution is 2.23. The lowest BCUT2D eigenvalue weighted by Gasteiger charge is -2.24. The summed E-state index contributed by atoms with van der Waals surface area (Å²) in [4.78, 5) is 29.1. The normalized spacial score (nSPS) is 11.3. The molecule has 0 radical (unpaired) electrons. The van der Waals surface area contributed by atoms with Gasteiger partial charge in [0.2, 0.25) is 11.3 Å². The van der Waals surface area contributed by atoms with Crippen molar-refractivity contribution in [2.45, 2.75) is 25.9 Å². The Kier molecular flexibility index (Phi) is 8.07. The molecule has 31 heavy (non-hydrogen) atoms. The second-order valence-corrected chi connectivity index (χ2v) is 8.53. The van der Waals surface area contributed by atoms with E-state index in [1.165, 1.54) is 6.20 Å². The van der Waals surface area contributed by atoms with Gasteiger partial charge >= 0.3 is 0 Å². The monoisotopic (exact) mass is 460 g/mol. The Bertz CT molecular complexity index is 1110. The van der Waals surface area contributed by atoms with Crippen LogP contribution in [-0.2, 0) is 17.9 Å². The number of aryl methyl sites for hydroxylation is 1. The summed E-state index contributed by atoms with van der Waals surface area (Å²) in [5.74, 6) is 0.0226. The van der Waals surface area contributed by atoms with Crippen LogP contribution in [0.15, 0.2) is 53.5 Å². The summed E-state index contributed by atoms with van der Waals surface area (Å²) in [6.07, 6.45) is 2.44. The Hall–Kier alpha value is -2.41. The summed E-state index contributed by atoms with van der Waals surface area (Å²) in [5.41, 5.74) is 1.54. The van der Waals surface area contributed by atoms with Crippen LogP contribution < -0.4 is 5.43 Å². The van der Waals surface area contributed by atoms with Crippen LogP contribution in [0.3, 0.4) is 0 Å². The number of halogens is 2. The fourth-order valence-corrected chi connectivity index (χ4v) is 3.75. The van der Waals surface area contributed by atoms with Crippen molar-refractivity contribution in [1.82, 2.24) is 19.6 Å². The molecule has 0 saturated heterocycles. The maximum atomic E-state index is 13.1. The van der Waals surface area contributed by atoms with E-state index in [0.29, 0.717) is 35.1 Å². The largest absolute Gasteiger partial charge is 0.338 e. The molecule has 1 heterocycles. The number of hydrogen-bond donors (Lipinski definition) is 0. The number of carbonyl (C=O) groups excluding carboxylic acids is 1. The van der Waals surface area contributed by atoms with Crippen molar-refractivity contribution in [3.63, 3.8) is 0 Å². The Labute approximate surface area is 192 Å². The molecule has 0 aliphatic carbocycles. The summed E-state index contributed by atoms with van der Waals surface area (Å²) in [6, 6.07) is 12.7. The van der Waals surface area contributed by atoms with Crippen molar-refractivity contribution in [3.05, 3.63) is 74.5 Å². The van der Waals surface area contributed by atoms with Gasteiger partial charge in [-0.25, -0.2) is 0 Å². The predicted octanol–water partition coefficient (Wildman–Crippen LogP) is 4.07. The molecular weight excluding hydrogens is 435 g/mol. The van der Waals surface area contributed by atoms with E-state index >= 15 is 0 Å². The van der Waals surface area contributed by atoms with E-state index in [2.05, 4.69) is 10.00 Å². The zero-order valence-corrected chi connectivity index (χ0v) is 19.2. The lowest BCUT2D eigenvalue weighted by atomic mass is 10.2. The Balaban J connectivity index is 1.74. The van der Waals surface area contributed by atoms with Crippen LogP contribution in [0.25, 0.3) is 10.9 Å². The molecule has 0 spiro atoms. The molecule has 0 aliphatic rings. The van der Waals surface area contributed by atoms with Crippen LogP contribution in [0.1, 0.15) is 18.4 Å². The molecule has 0 bridgehead atoms. The van der Waals surface area contributed by atoms with Gasteiger partial charge in [-0.05, 0) is 56.9 Å². The first-order valence-electron chi connectivity index (χ1n) is 10.2. The standard InChI is InChI=1S/C23H26Cl2N4O2/c1-27(2)11-5-12-28(16-17-8-9-19(24)20(25)14-17)23(31)10-13-29-21-7-4-3-6-18(21)22(30)15-26-29/h3-4,6-9,14-15H,5,10-13,16H2,1-2H3. The van der Waals surface area contributed by atoms with Gasteiger partial charge in [0.1, 0.15) is 0 Å². The zero-order chi connectivity index (χ0) is 22.4. The number of nitrogens with zero attached hydrogens (tertiary/aromatic N) is 4. The van der Waals surface area contributed by atoms with Gasteiger partial charge < -0.3 is 9.80 Å². The molecule has 6 nitrogen and oxygen atoms in total. The number of amides is 1. The number of benzene rings is 2. The molecule has 2 aromatic carbocycles. The van der Waals surface area contributed by atoms with Crippen LogP contribution in [-0.4, -0.2) is 52.7 Å². The number of carbonyl (C=O) groups is 1. The minimum atomic E-state index is -0.122. The Morgan fingerprint density at radius 3 is 2.58 bits per heavy atom. The number of fused-ring (bicyclic) bond motifs is 1. The van der Waals surface area contributed by atoms with Gasteiger partial charge in [0, 0.05) is 24.9 Å². The van der Waals surface area contributed by atoms with Gasteiger partial charge in [0.05, 0.1) is 28.3 Å². The van der Waals surface area contributed by atoms with Gasteiger partial charge in [0.25, 0.3) is 0 Å². The lowest BCUT2D eigenvalue weighted by Crippen LogP contribution is -2.33. The maximum absolute atomic E-state index is 13.1. The van der Waals surface area contributed by atoms with Crippen molar-refractivity contribution >= 4 is 40.0 Å². The molecule has 164 valence electrons. The minimum Gasteiger partial charge on any atom is -0.338 e. The highest BCUT2D eigenvalue weighted by Gasteiger charge is 2.16.